The fourth-order valence-corrected chi connectivity index (χ4v) is 2.59. The number of hydrogen-bond donors (Lipinski definition) is 1. The van der Waals surface area contributed by atoms with Crippen LogP contribution in [0.5, 0.6) is 5.75 Å². The monoisotopic (exact) mass is 372 g/mol. The van der Waals surface area contributed by atoms with E-state index in [2.05, 4.69) is 15.4 Å². The maximum absolute atomic E-state index is 13.6. The molecule has 140 valence electrons. The number of halogens is 2. The van der Waals surface area contributed by atoms with E-state index in [4.69, 9.17) is 4.74 Å². The molecule has 1 amide bonds. The number of carbonyl (C=O) groups is 1. The highest BCUT2D eigenvalue weighted by atomic mass is 19.1. The second-order valence-corrected chi connectivity index (χ2v) is 5.84. The van der Waals surface area contributed by atoms with Crippen LogP contribution < -0.4 is 10.1 Å². The van der Waals surface area contributed by atoms with E-state index in [-0.39, 0.29) is 18.4 Å². The van der Waals surface area contributed by atoms with Gasteiger partial charge in [-0.25, -0.2) is 13.8 Å². The van der Waals surface area contributed by atoms with Crippen LogP contribution in [0.15, 0.2) is 61.2 Å². The second-order valence-electron chi connectivity index (χ2n) is 5.84. The molecular formula is C19H18F2N4O2. The lowest BCUT2D eigenvalue weighted by molar-refractivity contribution is -0.124. The lowest BCUT2D eigenvalue weighted by Gasteiger charge is -2.19. The number of nitrogens with zero attached hydrogens (tertiary/aromatic N) is 3. The van der Waals surface area contributed by atoms with Gasteiger partial charge >= 0.3 is 0 Å². The van der Waals surface area contributed by atoms with Crippen molar-refractivity contribution in [3.63, 3.8) is 0 Å². The van der Waals surface area contributed by atoms with Gasteiger partial charge in [0.1, 0.15) is 18.5 Å². The molecule has 0 fully saturated rings. The Bertz CT molecular complexity index is 873. The van der Waals surface area contributed by atoms with E-state index in [9.17, 15) is 13.6 Å². The number of aromatic nitrogens is 3. The third-order valence-electron chi connectivity index (χ3n) is 3.90. The smallest absolute Gasteiger partial charge is 0.258 e. The highest BCUT2D eigenvalue weighted by Crippen LogP contribution is 2.19. The number of amides is 1. The Labute approximate surface area is 154 Å². The van der Waals surface area contributed by atoms with Crippen molar-refractivity contribution in [3.05, 3.63) is 78.4 Å². The molecule has 3 rings (SSSR count). The molecule has 0 radical (unpaired) electrons. The molecule has 27 heavy (non-hydrogen) atoms. The zero-order valence-electron chi connectivity index (χ0n) is 14.4. The highest BCUT2D eigenvalue weighted by molar-refractivity contribution is 5.78. The fourth-order valence-electron chi connectivity index (χ4n) is 2.59. The summed E-state index contributed by atoms with van der Waals surface area (Å²) in [7, 11) is 0. The van der Waals surface area contributed by atoms with E-state index in [1.165, 1.54) is 6.33 Å². The van der Waals surface area contributed by atoms with Crippen molar-refractivity contribution in [3.8, 4) is 5.75 Å². The average molecular weight is 372 g/mol. The molecule has 1 aromatic heterocycles. The van der Waals surface area contributed by atoms with Crippen LogP contribution in [0, 0.1) is 11.6 Å². The lowest BCUT2D eigenvalue weighted by atomic mass is 10.0. The van der Waals surface area contributed by atoms with Gasteiger partial charge in [0, 0.05) is 12.6 Å². The van der Waals surface area contributed by atoms with E-state index in [1.54, 1.807) is 11.0 Å². The van der Waals surface area contributed by atoms with Crippen LogP contribution in [0.25, 0.3) is 0 Å². The first-order chi connectivity index (χ1) is 13.1. The standard InChI is InChI=1S/C19H18F2N4O2/c20-15-6-7-18(16(21)10-15)27-11-19(26)24-17(14-4-2-1-3-5-14)8-9-25-13-22-12-23-25/h1-7,10,12-13,17H,8-9,11H2,(H,24,26). The zero-order valence-corrected chi connectivity index (χ0v) is 14.4. The van der Waals surface area contributed by atoms with Gasteiger partial charge in [-0.2, -0.15) is 5.10 Å². The summed E-state index contributed by atoms with van der Waals surface area (Å²) in [5.41, 5.74) is 0.930. The van der Waals surface area contributed by atoms with Gasteiger partial charge in [0.15, 0.2) is 18.2 Å². The summed E-state index contributed by atoms with van der Waals surface area (Å²) in [6.07, 6.45) is 3.63. The van der Waals surface area contributed by atoms with Gasteiger partial charge < -0.3 is 10.1 Å². The molecule has 0 spiro atoms. The molecule has 8 heteroatoms. The van der Waals surface area contributed by atoms with E-state index < -0.39 is 17.5 Å². The Morgan fingerprint density at radius 1 is 1.19 bits per heavy atom. The number of nitrogens with one attached hydrogen (secondary N) is 1. The Morgan fingerprint density at radius 2 is 2.00 bits per heavy atom. The number of carbonyl (C=O) groups excluding carboxylic acids is 1. The fraction of sp³-hybridized carbons (Fsp3) is 0.211. The first-order valence-corrected chi connectivity index (χ1v) is 8.36. The maximum Gasteiger partial charge on any atom is 0.258 e. The summed E-state index contributed by atoms with van der Waals surface area (Å²) in [5.74, 6) is -2.15. The highest BCUT2D eigenvalue weighted by Gasteiger charge is 2.16. The first-order valence-electron chi connectivity index (χ1n) is 8.36. The molecule has 2 aromatic carbocycles. The molecule has 6 nitrogen and oxygen atoms in total. The Kier molecular flexibility index (Phi) is 6.09. The minimum Gasteiger partial charge on any atom is -0.481 e. The molecule has 1 N–H and O–H groups in total. The van der Waals surface area contributed by atoms with Gasteiger partial charge in [-0.1, -0.05) is 30.3 Å². The summed E-state index contributed by atoms with van der Waals surface area (Å²) in [4.78, 5) is 16.2. The van der Waals surface area contributed by atoms with Crippen molar-refractivity contribution in [2.24, 2.45) is 0 Å². The SMILES string of the molecule is O=C(COc1ccc(F)cc1F)NC(CCn1cncn1)c1ccccc1. The second kappa shape index (κ2) is 8.88. The quantitative estimate of drug-likeness (QED) is 0.660. The maximum atomic E-state index is 13.6. The van der Waals surface area contributed by atoms with E-state index >= 15 is 0 Å². The number of benzene rings is 2. The van der Waals surface area contributed by atoms with Crippen LogP contribution in [0.2, 0.25) is 0 Å². The molecule has 1 heterocycles. The van der Waals surface area contributed by atoms with Crippen LogP contribution in [0.1, 0.15) is 18.0 Å². The zero-order chi connectivity index (χ0) is 19.1. The van der Waals surface area contributed by atoms with E-state index in [1.807, 2.05) is 30.3 Å². The van der Waals surface area contributed by atoms with Crippen molar-refractivity contribution in [1.29, 1.82) is 0 Å². The molecule has 1 atom stereocenters. The molecular weight excluding hydrogens is 354 g/mol. The average Bonchev–Trinajstić information content (AvgIpc) is 3.18. The van der Waals surface area contributed by atoms with Gasteiger partial charge in [-0.3, -0.25) is 9.48 Å². The number of rotatable bonds is 8. The van der Waals surface area contributed by atoms with Gasteiger partial charge in [-0.15, -0.1) is 0 Å². The Morgan fingerprint density at radius 3 is 2.70 bits per heavy atom. The van der Waals surface area contributed by atoms with Gasteiger partial charge in [-0.05, 0) is 24.1 Å². The Hall–Kier alpha value is -3.29. The molecule has 1 unspecified atom stereocenters. The summed E-state index contributed by atoms with van der Waals surface area (Å²) in [6, 6.07) is 12.1. The van der Waals surface area contributed by atoms with Crippen LogP contribution in [-0.2, 0) is 11.3 Å². The van der Waals surface area contributed by atoms with Crippen LogP contribution in [0.4, 0.5) is 8.78 Å². The van der Waals surface area contributed by atoms with Crippen LogP contribution in [-0.4, -0.2) is 27.3 Å². The van der Waals surface area contributed by atoms with Crippen molar-refractivity contribution in [2.75, 3.05) is 6.61 Å². The normalized spacial score (nSPS) is 11.8. The molecule has 0 saturated carbocycles. The van der Waals surface area contributed by atoms with Crippen molar-refractivity contribution < 1.29 is 18.3 Å². The third kappa shape index (κ3) is 5.34. The van der Waals surface area contributed by atoms with Gasteiger partial charge in [0.25, 0.3) is 5.91 Å². The lowest BCUT2D eigenvalue weighted by Crippen LogP contribution is -2.33. The number of aryl methyl sites for hydroxylation is 1. The van der Waals surface area contributed by atoms with Crippen molar-refractivity contribution in [1.82, 2.24) is 20.1 Å². The van der Waals surface area contributed by atoms with Gasteiger partial charge in [0.05, 0.1) is 6.04 Å². The molecule has 0 aliphatic rings. The Balaban J connectivity index is 1.61. The minimum absolute atomic E-state index is 0.176. The largest absolute Gasteiger partial charge is 0.481 e. The molecule has 0 aliphatic carbocycles. The van der Waals surface area contributed by atoms with Crippen LogP contribution in [0.3, 0.4) is 0 Å². The number of ether oxygens (including phenoxy) is 1. The molecule has 0 saturated heterocycles. The predicted molar refractivity (Wildman–Crippen MR) is 93.8 cm³/mol. The number of hydrogen-bond acceptors (Lipinski definition) is 4. The van der Waals surface area contributed by atoms with E-state index in [0.29, 0.717) is 19.0 Å². The summed E-state index contributed by atoms with van der Waals surface area (Å²) < 4.78 is 33.3. The van der Waals surface area contributed by atoms with Crippen molar-refractivity contribution >= 4 is 5.91 Å². The first kappa shape index (κ1) is 18.5. The summed E-state index contributed by atoms with van der Waals surface area (Å²) in [6.45, 7) is 0.183. The topological polar surface area (TPSA) is 69.0 Å². The van der Waals surface area contributed by atoms with E-state index in [0.717, 1.165) is 17.7 Å². The van der Waals surface area contributed by atoms with Crippen LogP contribution >= 0.6 is 0 Å². The minimum atomic E-state index is -0.853. The summed E-state index contributed by atoms with van der Waals surface area (Å²) in [5, 5.41) is 6.92. The molecule has 3 aromatic rings. The predicted octanol–water partition coefficient (Wildman–Crippen LogP) is 2.88. The molecule has 0 aliphatic heterocycles. The van der Waals surface area contributed by atoms with Crippen molar-refractivity contribution in [2.45, 2.75) is 19.0 Å². The summed E-state index contributed by atoms with van der Waals surface area (Å²) >= 11 is 0. The van der Waals surface area contributed by atoms with Gasteiger partial charge in [0.2, 0.25) is 0 Å². The molecule has 0 bridgehead atoms. The third-order valence-corrected chi connectivity index (χ3v) is 3.90.